The minimum absolute atomic E-state index is 0.0184. The van der Waals surface area contributed by atoms with Crippen molar-refractivity contribution < 1.29 is 4.79 Å². The molecule has 1 aromatic carbocycles. The standard InChI is InChI=1S/C14H18BrCl2NO/c1-10(9-15)3-2-6-18-14(19)8-11-4-5-12(16)13(17)7-11/h4-5,7,10H,2-3,6,8-9H2,1H3,(H,18,19). The first-order chi connectivity index (χ1) is 9.02. The van der Waals surface area contributed by atoms with Crippen molar-refractivity contribution >= 4 is 45.0 Å². The second-order valence-corrected chi connectivity index (χ2v) is 6.14. The molecule has 1 unspecified atom stereocenters. The number of carbonyl (C=O) groups is 1. The maximum absolute atomic E-state index is 11.7. The van der Waals surface area contributed by atoms with Gasteiger partial charge in [0.05, 0.1) is 16.5 Å². The van der Waals surface area contributed by atoms with Crippen LogP contribution in [0.4, 0.5) is 0 Å². The quantitative estimate of drug-likeness (QED) is 0.560. The van der Waals surface area contributed by atoms with Gasteiger partial charge in [-0.3, -0.25) is 4.79 Å². The molecule has 1 atom stereocenters. The predicted octanol–water partition coefficient (Wildman–Crippen LogP) is 4.46. The number of alkyl halides is 1. The van der Waals surface area contributed by atoms with Gasteiger partial charge in [0.25, 0.3) is 0 Å². The molecule has 0 heterocycles. The molecule has 1 rings (SSSR count). The Kier molecular flexibility index (Phi) is 7.81. The third-order valence-corrected chi connectivity index (χ3v) is 4.65. The highest BCUT2D eigenvalue weighted by atomic mass is 79.9. The number of benzene rings is 1. The van der Waals surface area contributed by atoms with E-state index in [4.69, 9.17) is 23.2 Å². The SMILES string of the molecule is CC(CBr)CCCNC(=O)Cc1ccc(Cl)c(Cl)c1. The van der Waals surface area contributed by atoms with Crippen molar-refractivity contribution in [1.82, 2.24) is 5.32 Å². The fourth-order valence-corrected chi connectivity index (χ4v) is 2.30. The number of rotatable bonds is 7. The fourth-order valence-electron chi connectivity index (χ4n) is 1.65. The van der Waals surface area contributed by atoms with Crippen LogP contribution in [0.2, 0.25) is 10.0 Å². The van der Waals surface area contributed by atoms with Gasteiger partial charge < -0.3 is 5.32 Å². The second kappa shape index (κ2) is 8.83. The summed E-state index contributed by atoms with van der Waals surface area (Å²) in [6, 6.07) is 5.27. The Morgan fingerprint density at radius 1 is 1.37 bits per heavy atom. The summed E-state index contributed by atoms with van der Waals surface area (Å²) in [6.07, 6.45) is 2.45. The lowest BCUT2D eigenvalue weighted by atomic mass is 10.1. The Bertz CT molecular complexity index is 426. The largest absolute Gasteiger partial charge is 0.356 e. The summed E-state index contributed by atoms with van der Waals surface area (Å²) in [5.41, 5.74) is 0.876. The molecule has 1 amide bonds. The van der Waals surface area contributed by atoms with Gasteiger partial charge in [-0.05, 0) is 36.5 Å². The van der Waals surface area contributed by atoms with Crippen LogP contribution in [0.5, 0.6) is 0 Å². The number of nitrogens with one attached hydrogen (secondary N) is 1. The van der Waals surface area contributed by atoms with E-state index in [0.29, 0.717) is 22.4 Å². The minimum atomic E-state index is 0.0184. The zero-order valence-corrected chi connectivity index (χ0v) is 14.0. The molecule has 2 nitrogen and oxygen atoms in total. The summed E-state index contributed by atoms with van der Waals surface area (Å²) in [5.74, 6) is 0.664. The Morgan fingerprint density at radius 3 is 2.74 bits per heavy atom. The minimum Gasteiger partial charge on any atom is -0.356 e. The van der Waals surface area contributed by atoms with E-state index in [1.807, 2.05) is 6.07 Å². The highest BCUT2D eigenvalue weighted by Gasteiger charge is 2.06. The zero-order valence-electron chi connectivity index (χ0n) is 10.9. The van der Waals surface area contributed by atoms with Crippen molar-refractivity contribution in [1.29, 1.82) is 0 Å². The van der Waals surface area contributed by atoms with Crippen LogP contribution in [0.3, 0.4) is 0 Å². The molecule has 0 fully saturated rings. The molecule has 0 bridgehead atoms. The van der Waals surface area contributed by atoms with Crippen LogP contribution >= 0.6 is 39.1 Å². The average molecular weight is 367 g/mol. The van der Waals surface area contributed by atoms with Crippen LogP contribution < -0.4 is 5.32 Å². The summed E-state index contributed by atoms with van der Waals surface area (Å²) in [4.78, 5) is 11.7. The van der Waals surface area contributed by atoms with Crippen molar-refractivity contribution in [2.75, 3.05) is 11.9 Å². The van der Waals surface area contributed by atoms with E-state index in [-0.39, 0.29) is 5.91 Å². The van der Waals surface area contributed by atoms with Gasteiger partial charge in [-0.25, -0.2) is 0 Å². The molecule has 0 aliphatic rings. The van der Waals surface area contributed by atoms with Gasteiger partial charge in [-0.2, -0.15) is 0 Å². The first kappa shape index (κ1) is 16.8. The monoisotopic (exact) mass is 365 g/mol. The van der Waals surface area contributed by atoms with Crippen molar-refractivity contribution in [2.45, 2.75) is 26.2 Å². The maximum Gasteiger partial charge on any atom is 0.224 e. The Morgan fingerprint density at radius 2 is 2.11 bits per heavy atom. The van der Waals surface area contributed by atoms with Gasteiger partial charge in [0.15, 0.2) is 0 Å². The summed E-state index contributed by atoms with van der Waals surface area (Å²) >= 11 is 15.2. The van der Waals surface area contributed by atoms with E-state index in [1.165, 1.54) is 0 Å². The zero-order chi connectivity index (χ0) is 14.3. The highest BCUT2D eigenvalue weighted by molar-refractivity contribution is 9.09. The van der Waals surface area contributed by atoms with Crippen LogP contribution in [0.15, 0.2) is 18.2 Å². The molecule has 106 valence electrons. The van der Waals surface area contributed by atoms with Crippen molar-refractivity contribution in [2.24, 2.45) is 5.92 Å². The molecule has 0 saturated heterocycles. The molecule has 0 spiro atoms. The first-order valence-electron chi connectivity index (χ1n) is 6.29. The topological polar surface area (TPSA) is 29.1 Å². The van der Waals surface area contributed by atoms with E-state index in [1.54, 1.807) is 12.1 Å². The summed E-state index contributed by atoms with van der Waals surface area (Å²) in [5, 5.41) is 4.91. The van der Waals surface area contributed by atoms with E-state index in [2.05, 4.69) is 28.2 Å². The average Bonchev–Trinajstić information content (AvgIpc) is 2.38. The molecule has 0 radical (unpaired) electrons. The van der Waals surface area contributed by atoms with E-state index < -0.39 is 0 Å². The second-order valence-electron chi connectivity index (χ2n) is 4.68. The van der Waals surface area contributed by atoms with Crippen LogP contribution in [0.25, 0.3) is 0 Å². The lowest BCUT2D eigenvalue weighted by molar-refractivity contribution is -0.120. The van der Waals surface area contributed by atoms with Crippen LogP contribution in [-0.2, 0) is 11.2 Å². The highest BCUT2D eigenvalue weighted by Crippen LogP contribution is 2.22. The molecular weight excluding hydrogens is 349 g/mol. The van der Waals surface area contributed by atoms with Crippen LogP contribution in [0, 0.1) is 5.92 Å². The molecule has 19 heavy (non-hydrogen) atoms. The van der Waals surface area contributed by atoms with Crippen LogP contribution in [0.1, 0.15) is 25.3 Å². The summed E-state index contributed by atoms with van der Waals surface area (Å²) in [6.45, 7) is 2.91. The summed E-state index contributed by atoms with van der Waals surface area (Å²) in [7, 11) is 0. The molecule has 0 aliphatic carbocycles. The molecule has 5 heteroatoms. The number of halogens is 3. The maximum atomic E-state index is 11.7. The van der Waals surface area contributed by atoms with Gasteiger partial charge in [0.2, 0.25) is 5.91 Å². The van der Waals surface area contributed by atoms with Crippen molar-refractivity contribution in [3.05, 3.63) is 33.8 Å². The molecule has 1 aromatic rings. The van der Waals surface area contributed by atoms with Gasteiger partial charge in [-0.1, -0.05) is 52.1 Å². The lowest BCUT2D eigenvalue weighted by Crippen LogP contribution is -2.26. The van der Waals surface area contributed by atoms with Crippen LogP contribution in [-0.4, -0.2) is 17.8 Å². The molecule has 0 aromatic heterocycles. The molecule has 0 saturated carbocycles. The number of hydrogen-bond acceptors (Lipinski definition) is 1. The summed E-state index contributed by atoms with van der Waals surface area (Å²) < 4.78 is 0. The van der Waals surface area contributed by atoms with Gasteiger partial charge >= 0.3 is 0 Å². The fraction of sp³-hybridized carbons (Fsp3) is 0.500. The number of hydrogen-bond donors (Lipinski definition) is 1. The Hall–Kier alpha value is -0.250. The third kappa shape index (κ3) is 6.64. The third-order valence-electron chi connectivity index (χ3n) is 2.81. The van der Waals surface area contributed by atoms with E-state index in [9.17, 15) is 4.79 Å². The molecule has 1 N–H and O–H groups in total. The normalized spacial score (nSPS) is 12.2. The number of amides is 1. The van der Waals surface area contributed by atoms with Gasteiger partial charge in [0.1, 0.15) is 0 Å². The molecule has 0 aliphatic heterocycles. The lowest BCUT2D eigenvalue weighted by Gasteiger charge is -2.08. The van der Waals surface area contributed by atoms with Gasteiger partial charge in [-0.15, -0.1) is 0 Å². The molecular formula is C14H18BrCl2NO. The van der Waals surface area contributed by atoms with Crippen molar-refractivity contribution in [3.63, 3.8) is 0 Å². The van der Waals surface area contributed by atoms with Gasteiger partial charge in [0, 0.05) is 11.9 Å². The van der Waals surface area contributed by atoms with E-state index in [0.717, 1.165) is 30.3 Å². The number of carbonyl (C=O) groups excluding carboxylic acids is 1. The first-order valence-corrected chi connectivity index (χ1v) is 8.17. The Balaban J connectivity index is 2.29. The Labute approximate surface area is 133 Å². The van der Waals surface area contributed by atoms with E-state index >= 15 is 0 Å². The van der Waals surface area contributed by atoms with Crippen molar-refractivity contribution in [3.8, 4) is 0 Å². The smallest absolute Gasteiger partial charge is 0.224 e. The predicted molar refractivity (Wildman–Crippen MR) is 85.4 cm³/mol.